The van der Waals surface area contributed by atoms with Gasteiger partial charge in [-0.3, -0.25) is 0 Å². The van der Waals surface area contributed by atoms with Crippen LogP contribution in [0.3, 0.4) is 0 Å². The van der Waals surface area contributed by atoms with Crippen molar-refractivity contribution in [2.45, 2.75) is 87.6 Å². The molecule has 46 heavy (non-hydrogen) atoms. The van der Waals surface area contributed by atoms with E-state index in [1.165, 1.54) is 77.9 Å². The molecule has 0 fully saturated rings. The van der Waals surface area contributed by atoms with Gasteiger partial charge >= 0.3 is 289 Å². The van der Waals surface area contributed by atoms with Gasteiger partial charge in [0.05, 0.1) is 0 Å². The summed E-state index contributed by atoms with van der Waals surface area (Å²) in [4.78, 5) is 0. The molecule has 0 amide bonds. The molecule has 0 radical (unpaired) electrons. The molecule has 2 aliphatic rings. The second-order valence-corrected chi connectivity index (χ2v) is 57.0. The molecule has 2 atom stereocenters. The number of fused-ring (bicyclic) bond motifs is 2. The molecular formula is C42H49Cl2SiZr. The number of rotatable bonds is 9. The van der Waals surface area contributed by atoms with Gasteiger partial charge in [0.1, 0.15) is 0 Å². The molecule has 0 aliphatic heterocycles. The fourth-order valence-electron chi connectivity index (χ4n) is 8.90. The van der Waals surface area contributed by atoms with E-state index >= 15 is 0 Å². The minimum atomic E-state index is -4.79. The standard InChI is InChI=1S/2C20H21.C2H7Si.2ClH.Zr/c2*1-14-9-11-18(12-10-17-7-5-4-6-8-17)20-16(3)15(2)13-19(14)20;1-3-2;;;/h2*4-9,11,13H,10,12H2,1-3H3;3H,1-2H3;2*1H;/q;;;;;+2/p-2. The number of aryl methyl sites for hydroxylation is 6. The van der Waals surface area contributed by atoms with Crippen molar-refractivity contribution in [3.63, 3.8) is 0 Å². The zero-order valence-corrected chi connectivity index (χ0v) is 34.0. The van der Waals surface area contributed by atoms with Crippen LogP contribution in [-0.4, -0.2) is 5.92 Å². The summed E-state index contributed by atoms with van der Waals surface area (Å²) in [5, 5.41) is 0. The summed E-state index contributed by atoms with van der Waals surface area (Å²) in [6, 6.07) is 31.2. The van der Waals surface area contributed by atoms with Crippen LogP contribution in [0.25, 0.3) is 11.1 Å². The second-order valence-electron chi connectivity index (χ2n) is 14.5. The van der Waals surface area contributed by atoms with Crippen molar-refractivity contribution < 1.29 is 15.6 Å². The van der Waals surface area contributed by atoms with E-state index in [1.54, 1.807) is 0 Å². The number of allylic oxidation sites excluding steroid dienone is 4. The third-order valence-corrected chi connectivity index (χ3v) is 63.8. The van der Waals surface area contributed by atoms with Crippen molar-refractivity contribution in [1.82, 2.24) is 0 Å². The molecule has 0 saturated carbocycles. The zero-order valence-electron chi connectivity index (χ0n) is 28.9. The average Bonchev–Trinajstić information content (AvgIpc) is 3.49. The van der Waals surface area contributed by atoms with Crippen molar-refractivity contribution >= 4 is 34.1 Å². The van der Waals surface area contributed by atoms with E-state index < -0.39 is 21.5 Å². The Labute approximate surface area is 286 Å². The van der Waals surface area contributed by atoms with Gasteiger partial charge in [0.2, 0.25) is 0 Å². The molecule has 0 aromatic heterocycles. The van der Waals surface area contributed by atoms with Crippen LogP contribution in [0.5, 0.6) is 0 Å². The van der Waals surface area contributed by atoms with Gasteiger partial charge in [-0.2, -0.15) is 0 Å². The van der Waals surface area contributed by atoms with E-state index in [4.69, 9.17) is 17.0 Å². The van der Waals surface area contributed by atoms with Crippen molar-refractivity contribution in [1.29, 1.82) is 0 Å². The molecule has 239 valence electrons. The summed E-state index contributed by atoms with van der Waals surface area (Å²) in [7, 11) is 17.4. The monoisotopic (exact) mass is 741 g/mol. The van der Waals surface area contributed by atoms with Crippen LogP contribution >= 0.6 is 17.0 Å². The zero-order chi connectivity index (χ0) is 33.0. The third-order valence-electron chi connectivity index (χ3n) is 11.7. The van der Waals surface area contributed by atoms with Gasteiger partial charge in [-0.1, -0.05) is 0 Å². The SMILES string of the molecule is CC1=C(C)[CH]([Zr]([Cl])([Cl])([CH]2C(C)=C(C)c3c(CCc4ccccc4)ccc(C)c32)[SiH](C)C)c2c(C)ccc(CCc3ccccc3)c21. The van der Waals surface area contributed by atoms with Crippen molar-refractivity contribution in [3.05, 3.63) is 152 Å². The first-order valence-electron chi connectivity index (χ1n) is 17.1. The molecular weight excluding hydrogens is 695 g/mol. The van der Waals surface area contributed by atoms with E-state index in [0.29, 0.717) is 0 Å². The van der Waals surface area contributed by atoms with Gasteiger partial charge in [-0.25, -0.2) is 0 Å². The summed E-state index contributed by atoms with van der Waals surface area (Å²) < 4.78 is 0.267. The van der Waals surface area contributed by atoms with Gasteiger partial charge < -0.3 is 0 Å². The number of halogens is 2. The molecule has 0 N–H and O–H groups in total. The first kappa shape index (κ1) is 33.9. The van der Waals surface area contributed by atoms with Crippen LogP contribution in [0.1, 0.15) is 90.6 Å². The number of hydrogen-bond acceptors (Lipinski definition) is 0. The molecule has 4 heteroatoms. The van der Waals surface area contributed by atoms with Gasteiger partial charge in [0.15, 0.2) is 0 Å². The summed E-state index contributed by atoms with van der Waals surface area (Å²) in [5.74, 6) is -1.60. The number of hydrogen-bond donors (Lipinski definition) is 0. The Hall–Kier alpha value is -1.96. The van der Waals surface area contributed by atoms with Gasteiger partial charge in [0.25, 0.3) is 0 Å². The topological polar surface area (TPSA) is 0 Å². The molecule has 2 unspecified atom stereocenters. The Morgan fingerprint density at radius 1 is 0.522 bits per heavy atom. The first-order valence-corrected chi connectivity index (χ1v) is 33.4. The second kappa shape index (κ2) is 12.8. The Morgan fingerprint density at radius 2 is 0.891 bits per heavy atom. The van der Waals surface area contributed by atoms with Gasteiger partial charge in [-0.05, 0) is 0 Å². The molecule has 0 bridgehead atoms. The van der Waals surface area contributed by atoms with Crippen LogP contribution in [0.15, 0.2) is 96.1 Å². The van der Waals surface area contributed by atoms with Crippen molar-refractivity contribution in [2.75, 3.05) is 0 Å². The Morgan fingerprint density at radius 3 is 1.24 bits per heavy atom. The van der Waals surface area contributed by atoms with Crippen molar-refractivity contribution in [2.24, 2.45) is 0 Å². The van der Waals surface area contributed by atoms with Crippen LogP contribution < -0.4 is 0 Å². The van der Waals surface area contributed by atoms with Gasteiger partial charge in [0, 0.05) is 0 Å². The molecule has 2 aliphatic carbocycles. The summed E-state index contributed by atoms with van der Waals surface area (Å²) >= 11 is -4.79. The summed E-state index contributed by atoms with van der Waals surface area (Å²) in [6.45, 7) is 18.9. The van der Waals surface area contributed by atoms with Crippen LogP contribution in [0.2, 0.25) is 13.1 Å². The molecule has 0 saturated heterocycles. The Bertz CT molecular complexity index is 1740. The molecule has 4 aromatic carbocycles. The average molecular weight is 744 g/mol. The predicted molar refractivity (Wildman–Crippen MR) is 203 cm³/mol. The first-order chi connectivity index (χ1) is 21.9. The molecule has 0 nitrogen and oxygen atoms in total. The van der Waals surface area contributed by atoms with Crippen LogP contribution in [-0.2, 0) is 41.2 Å². The maximum absolute atomic E-state index is 8.68. The molecule has 4 aromatic rings. The fourth-order valence-corrected chi connectivity index (χ4v) is 41.9. The fraction of sp³-hybridized carbons (Fsp3) is 0.333. The van der Waals surface area contributed by atoms with E-state index in [2.05, 4.69) is 140 Å². The third kappa shape index (κ3) is 5.44. The Kier molecular flexibility index (Phi) is 9.45. The molecule has 0 spiro atoms. The van der Waals surface area contributed by atoms with E-state index in [9.17, 15) is 0 Å². The predicted octanol–water partition coefficient (Wildman–Crippen LogP) is 12.3. The quantitative estimate of drug-likeness (QED) is 0.150. The van der Waals surface area contributed by atoms with Crippen LogP contribution in [0, 0.1) is 13.8 Å². The summed E-state index contributed by atoms with van der Waals surface area (Å²) in [5.41, 5.74) is 19.8. The molecule has 6 rings (SSSR count). The van der Waals surface area contributed by atoms with Crippen molar-refractivity contribution in [3.8, 4) is 0 Å². The minimum absolute atomic E-state index is 0.134. The van der Waals surface area contributed by atoms with E-state index in [0.717, 1.165) is 25.7 Å². The van der Waals surface area contributed by atoms with E-state index in [1.807, 2.05) is 0 Å². The van der Waals surface area contributed by atoms with Crippen LogP contribution in [0.4, 0.5) is 0 Å². The number of benzene rings is 4. The summed E-state index contributed by atoms with van der Waals surface area (Å²) in [6.07, 6.45) is 4.11. The van der Waals surface area contributed by atoms with E-state index in [-0.39, 0.29) is 7.25 Å². The normalized spacial score (nSPS) is 18.6. The molecule has 0 heterocycles. The maximum atomic E-state index is 8.68. The van der Waals surface area contributed by atoms with Gasteiger partial charge in [-0.15, -0.1) is 0 Å². The Balaban J connectivity index is 1.50.